The van der Waals surface area contributed by atoms with E-state index < -0.39 is 0 Å². The molecule has 1 N–H and O–H groups in total. The van der Waals surface area contributed by atoms with Gasteiger partial charge in [-0.2, -0.15) is 0 Å². The van der Waals surface area contributed by atoms with Gasteiger partial charge in [0.15, 0.2) is 0 Å². The minimum absolute atomic E-state index is 0. The number of benzene rings is 9. The van der Waals surface area contributed by atoms with Crippen LogP contribution in [0.15, 0.2) is 212 Å². The van der Waals surface area contributed by atoms with Crippen LogP contribution in [0.5, 0.6) is 5.75 Å². The van der Waals surface area contributed by atoms with Gasteiger partial charge in [-0.1, -0.05) is 234 Å². The fourth-order valence-corrected chi connectivity index (χ4v) is 9.89. The van der Waals surface area contributed by atoms with Crippen molar-refractivity contribution >= 4 is 21.8 Å². The third-order valence-electron chi connectivity index (χ3n) is 13.5. The van der Waals surface area contributed by atoms with Crippen LogP contribution in [0.2, 0.25) is 0 Å². The molecule has 71 heavy (non-hydrogen) atoms. The van der Waals surface area contributed by atoms with Crippen molar-refractivity contribution in [3.8, 4) is 89.7 Å². The molecule has 0 amide bonds. The standard InChI is InChI=1S/C66H54N3O.Pt/c1-65(2,3)51-40-56(63(70)57(41-51)66(4,5)6)64-68-62-55(33-21-35-60(62)69(64)59-34-19-18-30-52(59)43-22-10-7-11-23-43)48-36-49(58-39-46-28-16-17-29-47(46)42-67-58)38-50(37-48)61-53(44-24-12-8-13-25-44)31-20-32-54(61)45-26-14-9-15-27-45;/h7-35,37-42,70H,1-6H3;/q-1;. The van der Waals surface area contributed by atoms with E-state index >= 15 is 0 Å². The molecule has 0 bridgehead atoms. The maximum Gasteiger partial charge on any atom is 0.148 e. The number of hydrogen-bond acceptors (Lipinski definition) is 3. The smallest absolute Gasteiger partial charge is 0.148 e. The van der Waals surface area contributed by atoms with Crippen LogP contribution in [0.25, 0.3) is 106 Å². The molecule has 11 aromatic rings. The van der Waals surface area contributed by atoms with Gasteiger partial charge in [-0.15, -0.1) is 23.8 Å². The number of para-hydroxylation sites is 2. The largest absolute Gasteiger partial charge is 0.507 e. The van der Waals surface area contributed by atoms with Crippen LogP contribution in [0.1, 0.15) is 52.7 Å². The summed E-state index contributed by atoms with van der Waals surface area (Å²) in [5.41, 5.74) is 17.1. The van der Waals surface area contributed by atoms with Crippen LogP contribution in [0.4, 0.5) is 0 Å². The number of phenols is 1. The van der Waals surface area contributed by atoms with Gasteiger partial charge in [0.25, 0.3) is 0 Å². The summed E-state index contributed by atoms with van der Waals surface area (Å²) < 4.78 is 2.25. The summed E-state index contributed by atoms with van der Waals surface area (Å²) in [6.07, 6.45) is 1.96. The van der Waals surface area contributed by atoms with Gasteiger partial charge in [-0.3, -0.25) is 9.55 Å². The second kappa shape index (κ2) is 18.9. The minimum Gasteiger partial charge on any atom is -0.507 e. The van der Waals surface area contributed by atoms with Crippen molar-refractivity contribution in [2.24, 2.45) is 0 Å². The number of aromatic hydroxyl groups is 1. The summed E-state index contributed by atoms with van der Waals surface area (Å²) in [5.74, 6) is 0.897. The van der Waals surface area contributed by atoms with E-state index in [0.717, 1.165) is 106 Å². The van der Waals surface area contributed by atoms with E-state index in [1.54, 1.807) is 0 Å². The number of nitrogens with zero attached hydrogens (tertiary/aromatic N) is 3. The number of imidazole rings is 1. The summed E-state index contributed by atoms with van der Waals surface area (Å²) in [6.45, 7) is 13.2. The minimum atomic E-state index is -0.346. The molecule has 0 atom stereocenters. The number of aromatic nitrogens is 3. The zero-order chi connectivity index (χ0) is 48.1. The second-order valence-corrected chi connectivity index (χ2v) is 20.3. The van der Waals surface area contributed by atoms with E-state index in [-0.39, 0.29) is 37.6 Å². The van der Waals surface area contributed by atoms with Crippen molar-refractivity contribution in [3.63, 3.8) is 0 Å². The summed E-state index contributed by atoms with van der Waals surface area (Å²) in [7, 11) is 0. The molecule has 0 unspecified atom stereocenters. The van der Waals surface area contributed by atoms with E-state index in [9.17, 15) is 5.11 Å². The van der Waals surface area contributed by atoms with Crippen LogP contribution in [-0.2, 0) is 31.9 Å². The van der Waals surface area contributed by atoms with Crippen LogP contribution < -0.4 is 0 Å². The quantitative estimate of drug-likeness (QED) is 0.154. The Kier molecular flexibility index (Phi) is 12.5. The molecule has 4 nitrogen and oxygen atoms in total. The molecule has 0 radical (unpaired) electrons. The summed E-state index contributed by atoms with van der Waals surface area (Å²) in [5, 5.41) is 14.8. The van der Waals surface area contributed by atoms with E-state index in [2.05, 4.69) is 252 Å². The van der Waals surface area contributed by atoms with Crippen molar-refractivity contribution in [1.82, 2.24) is 14.5 Å². The molecule has 9 aromatic carbocycles. The predicted octanol–water partition coefficient (Wildman–Crippen LogP) is 17.3. The van der Waals surface area contributed by atoms with Gasteiger partial charge in [0.2, 0.25) is 0 Å². The molecule has 0 aliphatic heterocycles. The van der Waals surface area contributed by atoms with Crippen LogP contribution in [0.3, 0.4) is 0 Å². The Morgan fingerprint density at radius 3 is 1.63 bits per heavy atom. The van der Waals surface area contributed by atoms with E-state index in [4.69, 9.17) is 9.97 Å². The molecule has 0 saturated carbocycles. The Bertz CT molecular complexity index is 3670. The fourth-order valence-electron chi connectivity index (χ4n) is 9.89. The fraction of sp³-hybridized carbons (Fsp3) is 0.121. The third kappa shape index (κ3) is 8.94. The van der Waals surface area contributed by atoms with Gasteiger partial charge in [0.05, 0.1) is 22.3 Å². The molecule has 11 rings (SSSR count). The summed E-state index contributed by atoms with van der Waals surface area (Å²) in [6, 6.07) is 76.7. The predicted molar refractivity (Wildman–Crippen MR) is 292 cm³/mol. The number of hydrogen-bond donors (Lipinski definition) is 1. The Morgan fingerprint density at radius 1 is 0.465 bits per heavy atom. The average molecular weight is 1100 g/mol. The van der Waals surface area contributed by atoms with Gasteiger partial charge in [-0.25, -0.2) is 4.98 Å². The molecular weight excluding hydrogens is 1050 g/mol. The van der Waals surface area contributed by atoms with Gasteiger partial charge < -0.3 is 5.11 Å². The third-order valence-corrected chi connectivity index (χ3v) is 13.5. The second-order valence-electron chi connectivity index (χ2n) is 20.3. The molecule has 0 spiro atoms. The number of fused-ring (bicyclic) bond motifs is 2. The first kappa shape index (κ1) is 47.0. The summed E-state index contributed by atoms with van der Waals surface area (Å²) >= 11 is 0. The van der Waals surface area contributed by atoms with Crippen LogP contribution in [-0.4, -0.2) is 19.6 Å². The maximum absolute atomic E-state index is 12.6. The summed E-state index contributed by atoms with van der Waals surface area (Å²) in [4.78, 5) is 10.8. The van der Waals surface area contributed by atoms with E-state index in [1.165, 1.54) is 0 Å². The molecule has 0 aliphatic rings. The van der Waals surface area contributed by atoms with Gasteiger partial charge in [-0.05, 0) is 78.7 Å². The first-order valence-electron chi connectivity index (χ1n) is 24.1. The molecular formula is C66H54N3OPt-. The zero-order valence-corrected chi connectivity index (χ0v) is 43.1. The Morgan fingerprint density at radius 2 is 1.00 bits per heavy atom. The SMILES string of the molecule is CC(C)(C)c1cc(-c2nc3c(-c4[c-]c(-c5cc6ccccc6cn5)cc(-c5c(-c6ccccc6)cccc5-c5ccccc5)c4)cccc3n2-c2ccccc2-c2ccccc2)c(O)c(C(C)(C)C)c1.[Pt]. The Labute approximate surface area is 431 Å². The Balaban J connectivity index is 0.00000582. The zero-order valence-electron chi connectivity index (χ0n) is 40.8. The van der Waals surface area contributed by atoms with Crippen molar-refractivity contribution in [2.45, 2.75) is 52.4 Å². The van der Waals surface area contributed by atoms with Gasteiger partial charge in [0.1, 0.15) is 11.6 Å². The molecule has 0 aliphatic carbocycles. The Hall–Kier alpha value is -7.65. The molecule has 0 fully saturated rings. The number of rotatable bonds is 8. The van der Waals surface area contributed by atoms with Gasteiger partial charge >= 0.3 is 0 Å². The number of phenolic OH excluding ortho intramolecular Hbond substituents is 1. The molecule has 5 heteroatoms. The molecule has 2 aromatic heterocycles. The first-order valence-corrected chi connectivity index (χ1v) is 24.1. The number of pyridine rings is 1. The van der Waals surface area contributed by atoms with E-state index in [1.807, 2.05) is 12.3 Å². The molecule has 2 heterocycles. The van der Waals surface area contributed by atoms with Crippen molar-refractivity contribution < 1.29 is 26.2 Å². The normalized spacial score (nSPS) is 11.7. The molecule has 0 saturated heterocycles. The molecule has 350 valence electrons. The average Bonchev–Trinajstić information content (AvgIpc) is 3.78. The van der Waals surface area contributed by atoms with Gasteiger partial charge in [0, 0.05) is 44.1 Å². The first-order chi connectivity index (χ1) is 33.9. The maximum atomic E-state index is 12.6. The topological polar surface area (TPSA) is 50.9 Å². The van der Waals surface area contributed by atoms with E-state index in [0.29, 0.717) is 11.4 Å². The monoisotopic (exact) mass is 1100 g/mol. The van der Waals surface area contributed by atoms with Crippen LogP contribution in [0, 0.1) is 6.07 Å². The van der Waals surface area contributed by atoms with Crippen LogP contribution >= 0.6 is 0 Å². The van der Waals surface area contributed by atoms with Crippen molar-refractivity contribution in [1.29, 1.82) is 0 Å². The van der Waals surface area contributed by atoms with Crippen molar-refractivity contribution in [2.75, 3.05) is 0 Å². The van der Waals surface area contributed by atoms with Crippen molar-refractivity contribution in [3.05, 3.63) is 230 Å².